The van der Waals surface area contributed by atoms with Crippen molar-refractivity contribution < 1.29 is 4.42 Å². The number of nitrogens with zero attached hydrogens (tertiary/aromatic N) is 3. The largest absolute Gasteiger partial charge is 0.424 e. The van der Waals surface area contributed by atoms with Gasteiger partial charge in [0.2, 0.25) is 11.8 Å². The number of aromatic nitrogens is 2. The molecule has 0 amide bonds. The van der Waals surface area contributed by atoms with Crippen LogP contribution in [0.5, 0.6) is 0 Å². The second kappa shape index (κ2) is 7.47. The van der Waals surface area contributed by atoms with Gasteiger partial charge in [-0.15, -0.1) is 10.2 Å². The van der Waals surface area contributed by atoms with E-state index in [4.69, 9.17) is 4.42 Å². The van der Waals surface area contributed by atoms with E-state index in [9.17, 15) is 0 Å². The van der Waals surface area contributed by atoms with E-state index in [1.54, 1.807) is 0 Å². The SMILES string of the molecule is c1ccc(Cc2nnc(CN(CC3CC3)C3CCCCC3)o2)cc1. The van der Waals surface area contributed by atoms with E-state index in [-0.39, 0.29) is 0 Å². The molecule has 0 spiro atoms. The lowest BCUT2D eigenvalue weighted by atomic mass is 9.94. The Balaban J connectivity index is 1.40. The van der Waals surface area contributed by atoms with E-state index in [2.05, 4.69) is 27.2 Å². The summed E-state index contributed by atoms with van der Waals surface area (Å²) in [7, 11) is 0. The maximum atomic E-state index is 5.95. The van der Waals surface area contributed by atoms with Crippen molar-refractivity contribution in [3.05, 3.63) is 47.7 Å². The highest BCUT2D eigenvalue weighted by Gasteiger charge is 2.30. The summed E-state index contributed by atoms with van der Waals surface area (Å²) < 4.78 is 5.95. The van der Waals surface area contributed by atoms with Gasteiger partial charge in [0.05, 0.1) is 13.0 Å². The molecule has 24 heavy (non-hydrogen) atoms. The predicted octanol–water partition coefficient (Wildman–Crippen LogP) is 4.21. The van der Waals surface area contributed by atoms with E-state index in [0.717, 1.165) is 30.7 Å². The zero-order valence-corrected chi connectivity index (χ0v) is 14.4. The second-order valence-corrected chi connectivity index (χ2v) is 7.42. The summed E-state index contributed by atoms with van der Waals surface area (Å²) in [6, 6.07) is 11.0. The van der Waals surface area contributed by atoms with Crippen LogP contribution in [0.15, 0.2) is 34.7 Å². The highest BCUT2D eigenvalue weighted by Crippen LogP contribution is 2.33. The standard InChI is InChI=1S/C20H27N3O/c1-3-7-16(8-4-1)13-19-21-22-20(24-19)15-23(14-17-11-12-17)18-9-5-2-6-10-18/h1,3-4,7-8,17-18H,2,5-6,9-15H2. The Morgan fingerprint density at radius 2 is 1.67 bits per heavy atom. The summed E-state index contributed by atoms with van der Waals surface area (Å²) in [6.07, 6.45) is 10.3. The zero-order valence-electron chi connectivity index (χ0n) is 14.4. The van der Waals surface area contributed by atoms with Gasteiger partial charge in [-0.1, -0.05) is 49.6 Å². The van der Waals surface area contributed by atoms with Gasteiger partial charge in [0.15, 0.2) is 0 Å². The monoisotopic (exact) mass is 325 g/mol. The molecule has 0 radical (unpaired) electrons. The van der Waals surface area contributed by atoms with Crippen LogP contribution in [0.2, 0.25) is 0 Å². The van der Waals surface area contributed by atoms with Gasteiger partial charge >= 0.3 is 0 Å². The highest BCUT2D eigenvalue weighted by atomic mass is 16.4. The van der Waals surface area contributed by atoms with Gasteiger partial charge in [-0.05, 0) is 37.2 Å². The number of hydrogen-bond donors (Lipinski definition) is 0. The fourth-order valence-corrected chi connectivity index (χ4v) is 3.79. The van der Waals surface area contributed by atoms with Gasteiger partial charge in [0, 0.05) is 12.6 Å². The summed E-state index contributed by atoms with van der Waals surface area (Å²) >= 11 is 0. The molecule has 0 atom stereocenters. The third-order valence-electron chi connectivity index (χ3n) is 5.33. The van der Waals surface area contributed by atoms with E-state index < -0.39 is 0 Å². The molecule has 2 fully saturated rings. The second-order valence-electron chi connectivity index (χ2n) is 7.42. The lowest BCUT2D eigenvalue weighted by Crippen LogP contribution is -2.37. The Labute approximate surface area is 144 Å². The van der Waals surface area contributed by atoms with E-state index >= 15 is 0 Å². The zero-order chi connectivity index (χ0) is 16.2. The molecule has 0 unspecified atom stereocenters. The van der Waals surface area contributed by atoms with Crippen molar-refractivity contribution in [1.29, 1.82) is 0 Å². The molecule has 0 N–H and O–H groups in total. The summed E-state index contributed by atoms with van der Waals surface area (Å²) in [6.45, 7) is 2.03. The quantitative estimate of drug-likeness (QED) is 0.765. The van der Waals surface area contributed by atoms with Crippen molar-refractivity contribution in [2.45, 2.75) is 64.0 Å². The normalized spacial score (nSPS) is 19.0. The molecule has 4 nitrogen and oxygen atoms in total. The smallest absolute Gasteiger partial charge is 0.230 e. The molecule has 4 heteroatoms. The van der Waals surface area contributed by atoms with Crippen molar-refractivity contribution in [2.24, 2.45) is 5.92 Å². The minimum absolute atomic E-state index is 0.712. The van der Waals surface area contributed by atoms with Crippen molar-refractivity contribution in [2.75, 3.05) is 6.54 Å². The summed E-state index contributed by atoms with van der Waals surface area (Å²) in [5.74, 6) is 2.41. The Kier molecular flexibility index (Phi) is 4.93. The molecule has 1 heterocycles. The average Bonchev–Trinajstić information content (AvgIpc) is 3.34. The fraction of sp³-hybridized carbons (Fsp3) is 0.600. The minimum Gasteiger partial charge on any atom is -0.424 e. The molecule has 0 aliphatic heterocycles. The molecule has 2 aromatic rings. The molecular weight excluding hydrogens is 298 g/mol. The Bertz CT molecular complexity index is 629. The van der Waals surface area contributed by atoms with Crippen molar-refractivity contribution in [3.63, 3.8) is 0 Å². The summed E-state index contributed by atoms with van der Waals surface area (Å²) in [4.78, 5) is 2.62. The van der Waals surface area contributed by atoms with Crippen LogP contribution < -0.4 is 0 Å². The van der Waals surface area contributed by atoms with Crippen LogP contribution in [0.4, 0.5) is 0 Å². The maximum absolute atomic E-state index is 5.95. The van der Waals surface area contributed by atoms with Crippen LogP contribution in [-0.4, -0.2) is 27.7 Å². The first-order chi connectivity index (χ1) is 11.9. The molecule has 0 saturated heterocycles. The lowest BCUT2D eigenvalue weighted by Gasteiger charge is -2.33. The van der Waals surface area contributed by atoms with E-state index in [0.29, 0.717) is 6.04 Å². The van der Waals surface area contributed by atoms with Crippen LogP contribution in [0.3, 0.4) is 0 Å². The molecule has 4 rings (SSSR count). The Hall–Kier alpha value is -1.68. The van der Waals surface area contributed by atoms with Crippen LogP contribution in [0.25, 0.3) is 0 Å². The van der Waals surface area contributed by atoms with Crippen LogP contribution in [0.1, 0.15) is 62.3 Å². The Morgan fingerprint density at radius 1 is 0.917 bits per heavy atom. The molecule has 2 aliphatic rings. The van der Waals surface area contributed by atoms with Crippen LogP contribution in [0, 0.1) is 5.92 Å². The number of rotatable bonds is 7. The Morgan fingerprint density at radius 3 is 2.42 bits per heavy atom. The van der Waals surface area contributed by atoms with E-state index in [1.165, 1.54) is 57.1 Å². The third-order valence-corrected chi connectivity index (χ3v) is 5.33. The maximum Gasteiger partial charge on any atom is 0.230 e. The molecular formula is C20H27N3O. The predicted molar refractivity (Wildman–Crippen MR) is 93.6 cm³/mol. The van der Waals surface area contributed by atoms with Gasteiger partial charge in [0.1, 0.15) is 0 Å². The topological polar surface area (TPSA) is 42.2 Å². The van der Waals surface area contributed by atoms with Crippen LogP contribution in [-0.2, 0) is 13.0 Å². The summed E-state index contributed by atoms with van der Waals surface area (Å²) in [5, 5.41) is 8.58. The first-order valence-electron chi connectivity index (χ1n) is 9.46. The van der Waals surface area contributed by atoms with Crippen molar-refractivity contribution in [1.82, 2.24) is 15.1 Å². The molecule has 128 valence electrons. The van der Waals surface area contributed by atoms with E-state index in [1.807, 2.05) is 18.2 Å². The van der Waals surface area contributed by atoms with Gasteiger partial charge < -0.3 is 4.42 Å². The molecule has 2 aliphatic carbocycles. The minimum atomic E-state index is 0.712. The number of hydrogen-bond acceptors (Lipinski definition) is 4. The highest BCUT2D eigenvalue weighted by molar-refractivity contribution is 5.17. The molecule has 1 aromatic heterocycles. The fourth-order valence-electron chi connectivity index (χ4n) is 3.79. The van der Waals surface area contributed by atoms with Gasteiger partial charge in [0.25, 0.3) is 0 Å². The first-order valence-corrected chi connectivity index (χ1v) is 9.46. The average molecular weight is 325 g/mol. The molecule has 2 saturated carbocycles. The molecule has 1 aromatic carbocycles. The van der Waals surface area contributed by atoms with Gasteiger partial charge in [-0.2, -0.15) is 0 Å². The number of benzene rings is 1. The lowest BCUT2D eigenvalue weighted by molar-refractivity contribution is 0.129. The van der Waals surface area contributed by atoms with Crippen LogP contribution >= 0.6 is 0 Å². The van der Waals surface area contributed by atoms with Gasteiger partial charge in [-0.25, -0.2) is 0 Å². The van der Waals surface area contributed by atoms with Crippen molar-refractivity contribution in [3.8, 4) is 0 Å². The van der Waals surface area contributed by atoms with Crippen molar-refractivity contribution >= 4 is 0 Å². The molecule has 0 bridgehead atoms. The summed E-state index contributed by atoms with van der Waals surface area (Å²) in [5.41, 5.74) is 1.22. The third kappa shape index (κ3) is 4.23. The van der Waals surface area contributed by atoms with Gasteiger partial charge in [-0.3, -0.25) is 4.90 Å². The first kappa shape index (κ1) is 15.8.